The molecule has 0 rings (SSSR count). The fourth-order valence-corrected chi connectivity index (χ4v) is 1.47. The summed E-state index contributed by atoms with van der Waals surface area (Å²) in [6.45, 7) is 6.44. The molecule has 0 spiro atoms. The number of carbonyl (C=O) groups is 1. The molecule has 1 atom stereocenters. The third-order valence-electron chi connectivity index (χ3n) is 2.61. The molecule has 78 valence electrons. The van der Waals surface area contributed by atoms with Crippen LogP contribution in [0.3, 0.4) is 0 Å². The van der Waals surface area contributed by atoms with E-state index in [9.17, 15) is 4.79 Å². The first-order valence-corrected chi connectivity index (χ1v) is 5.72. The topological polar surface area (TPSA) is 17.1 Å². The lowest BCUT2D eigenvalue weighted by atomic mass is 9.97. The van der Waals surface area contributed by atoms with Crippen LogP contribution in [0.25, 0.3) is 0 Å². The number of ketones is 1. The highest BCUT2D eigenvalue weighted by molar-refractivity contribution is 5.77. The van der Waals surface area contributed by atoms with Crippen LogP contribution in [0, 0.1) is 5.92 Å². The molecule has 1 unspecified atom stereocenters. The zero-order chi connectivity index (χ0) is 10.1. The Balaban J connectivity index is 3.29. The lowest BCUT2D eigenvalue weighted by molar-refractivity contribution is -0.119. The summed E-state index contributed by atoms with van der Waals surface area (Å²) in [5, 5.41) is 0. The van der Waals surface area contributed by atoms with E-state index >= 15 is 0 Å². The summed E-state index contributed by atoms with van der Waals surface area (Å²) in [5.74, 6) is 1.16. The van der Waals surface area contributed by atoms with Crippen LogP contribution < -0.4 is 0 Å². The highest BCUT2D eigenvalue weighted by atomic mass is 16.1. The van der Waals surface area contributed by atoms with E-state index in [2.05, 4.69) is 13.8 Å². The van der Waals surface area contributed by atoms with Gasteiger partial charge in [-0.1, -0.05) is 46.5 Å². The minimum absolute atomic E-state index is 0.419. The van der Waals surface area contributed by atoms with E-state index in [4.69, 9.17) is 0 Å². The molecule has 0 bridgehead atoms. The number of Topliss-reactive ketones (excluding diaryl/α,β-unsaturated/α-hetero) is 1. The van der Waals surface area contributed by atoms with E-state index < -0.39 is 0 Å². The Labute approximate surface area is 82.9 Å². The van der Waals surface area contributed by atoms with Gasteiger partial charge in [0.15, 0.2) is 0 Å². The first kappa shape index (κ1) is 12.7. The smallest absolute Gasteiger partial charge is 0.132 e. The third kappa shape index (κ3) is 8.01. The molecule has 0 heterocycles. The van der Waals surface area contributed by atoms with Crippen molar-refractivity contribution in [2.24, 2.45) is 5.92 Å². The van der Waals surface area contributed by atoms with Gasteiger partial charge in [-0.15, -0.1) is 0 Å². The minimum atomic E-state index is 0.419. The molecule has 0 aliphatic carbocycles. The summed E-state index contributed by atoms with van der Waals surface area (Å²) in [4.78, 5) is 11.0. The molecule has 13 heavy (non-hydrogen) atoms. The molecule has 1 heteroatoms. The summed E-state index contributed by atoms with van der Waals surface area (Å²) >= 11 is 0. The molecule has 0 aliphatic heterocycles. The van der Waals surface area contributed by atoms with Gasteiger partial charge in [0, 0.05) is 12.8 Å². The molecule has 0 saturated carbocycles. The molecule has 0 N–H and O–H groups in total. The van der Waals surface area contributed by atoms with Crippen molar-refractivity contribution in [1.29, 1.82) is 0 Å². The average molecular weight is 184 g/mol. The SMILES string of the molecule is CCCCCC(C)CCC(=O)CC. The van der Waals surface area contributed by atoms with Crippen LogP contribution in [0.15, 0.2) is 0 Å². The van der Waals surface area contributed by atoms with Crippen LogP contribution in [0.4, 0.5) is 0 Å². The number of carbonyl (C=O) groups excluding carboxylic acids is 1. The number of rotatable bonds is 8. The molecule has 0 aromatic rings. The number of hydrogen-bond donors (Lipinski definition) is 0. The second-order valence-electron chi connectivity index (χ2n) is 4.03. The van der Waals surface area contributed by atoms with Crippen molar-refractivity contribution in [1.82, 2.24) is 0 Å². The molecule has 0 amide bonds. The number of hydrogen-bond acceptors (Lipinski definition) is 1. The highest BCUT2D eigenvalue weighted by Gasteiger charge is 2.04. The maximum Gasteiger partial charge on any atom is 0.132 e. The van der Waals surface area contributed by atoms with Crippen molar-refractivity contribution in [2.75, 3.05) is 0 Å². The van der Waals surface area contributed by atoms with E-state index in [1.54, 1.807) is 0 Å². The minimum Gasteiger partial charge on any atom is -0.300 e. The van der Waals surface area contributed by atoms with Gasteiger partial charge in [0.2, 0.25) is 0 Å². The van der Waals surface area contributed by atoms with E-state index in [-0.39, 0.29) is 0 Å². The Morgan fingerprint density at radius 3 is 2.38 bits per heavy atom. The van der Waals surface area contributed by atoms with Crippen LogP contribution in [-0.2, 0) is 4.79 Å². The molecule has 0 radical (unpaired) electrons. The molecule has 0 saturated heterocycles. The molecule has 0 aliphatic rings. The Kier molecular flexibility index (Phi) is 8.07. The Morgan fingerprint density at radius 1 is 1.15 bits per heavy atom. The first-order chi connectivity index (χ1) is 6.20. The van der Waals surface area contributed by atoms with E-state index in [0.717, 1.165) is 18.8 Å². The van der Waals surface area contributed by atoms with E-state index in [0.29, 0.717) is 12.2 Å². The quantitative estimate of drug-likeness (QED) is 0.522. The zero-order valence-electron chi connectivity index (χ0n) is 9.44. The van der Waals surface area contributed by atoms with Crippen LogP contribution >= 0.6 is 0 Å². The fraction of sp³-hybridized carbons (Fsp3) is 0.917. The summed E-state index contributed by atoms with van der Waals surface area (Å²) in [5.41, 5.74) is 0. The predicted molar refractivity (Wildman–Crippen MR) is 57.8 cm³/mol. The maximum absolute atomic E-state index is 11.0. The summed E-state index contributed by atoms with van der Waals surface area (Å²) in [6.07, 6.45) is 7.86. The van der Waals surface area contributed by atoms with Gasteiger partial charge in [-0.3, -0.25) is 4.79 Å². The Morgan fingerprint density at radius 2 is 1.85 bits per heavy atom. The largest absolute Gasteiger partial charge is 0.300 e. The second-order valence-corrected chi connectivity index (χ2v) is 4.03. The van der Waals surface area contributed by atoms with Crippen LogP contribution in [0.2, 0.25) is 0 Å². The predicted octanol–water partition coefficient (Wildman–Crippen LogP) is 3.96. The van der Waals surface area contributed by atoms with Gasteiger partial charge < -0.3 is 0 Å². The van der Waals surface area contributed by atoms with Crippen LogP contribution in [0.5, 0.6) is 0 Å². The van der Waals surface area contributed by atoms with Gasteiger partial charge >= 0.3 is 0 Å². The Bertz CT molecular complexity index is 129. The van der Waals surface area contributed by atoms with Gasteiger partial charge in [0.25, 0.3) is 0 Å². The zero-order valence-corrected chi connectivity index (χ0v) is 9.44. The van der Waals surface area contributed by atoms with Crippen LogP contribution in [-0.4, -0.2) is 5.78 Å². The molecule has 0 aromatic carbocycles. The van der Waals surface area contributed by atoms with Crippen molar-refractivity contribution >= 4 is 5.78 Å². The summed E-state index contributed by atoms with van der Waals surface area (Å²) in [7, 11) is 0. The van der Waals surface area contributed by atoms with Gasteiger partial charge in [-0.2, -0.15) is 0 Å². The van der Waals surface area contributed by atoms with E-state index in [1.807, 2.05) is 6.92 Å². The van der Waals surface area contributed by atoms with Gasteiger partial charge in [-0.05, 0) is 12.3 Å². The highest BCUT2D eigenvalue weighted by Crippen LogP contribution is 2.15. The summed E-state index contributed by atoms with van der Waals surface area (Å²) < 4.78 is 0. The van der Waals surface area contributed by atoms with E-state index in [1.165, 1.54) is 25.7 Å². The van der Waals surface area contributed by atoms with Crippen molar-refractivity contribution in [3.63, 3.8) is 0 Å². The maximum atomic E-state index is 11.0. The number of unbranched alkanes of at least 4 members (excludes halogenated alkanes) is 2. The van der Waals surface area contributed by atoms with Crippen LogP contribution in [0.1, 0.15) is 65.7 Å². The molecule has 0 aromatic heterocycles. The van der Waals surface area contributed by atoms with Crippen molar-refractivity contribution in [3.8, 4) is 0 Å². The monoisotopic (exact) mass is 184 g/mol. The standard InChI is InChI=1S/C12H24O/c1-4-6-7-8-11(3)9-10-12(13)5-2/h11H,4-10H2,1-3H3. The molecular weight excluding hydrogens is 160 g/mol. The summed E-state index contributed by atoms with van der Waals surface area (Å²) in [6, 6.07) is 0. The molecule has 1 nitrogen and oxygen atoms in total. The second kappa shape index (κ2) is 8.28. The first-order valence-electron chi connectivity index (χ1n) is 5.72. The van der Waals surface area contributed by atoms with Crippen molar-refractivity contribution in [2.45, 2.75) is 65.7 Å². The lowest BCUT2D eigenvalue weighted by Gasteiger charge is -2.09. The normalized spacial score (nSPS) is 12.8. The third-order valence-corrected chi connectivity index (χ3v) is 2.61. The van der Waals surface area contributed by atoms with Crippen molar-refractivity contribution < 1.29 is 4.79 Å². The lowest BCUT2D eigenvalue weighted by Crippen LogP contribution is -2.01. The molecular formula is C12H24O. The van der Waals surface area contributed by atoms with Gasteiger partial charge in [0.1, 0.15) is 5.78 Å². The van der Waals surface area contributed by atoms with Crippen molar-refractivity contribution in [3.05, 3.63) is 0 Å². The van der Waals surface area contributed by atoms with Gasteiger partial charge in [-0.25, -0.2) is 0 Å². The average Bonchev–Trinajstić information content (AvgIpc) is 2.14. The molecule has 0 fully saturated rings. The Hall–Kier alpha value is -0.330. The van der Waals surface area contributed by atoms with Gasteiger partial charge in [0.05, 0.1) is 0 Å². The fourth-order valence-electron chi connectivity index (χ4n) is 1.47.